The highest BCUT2D eigenvalue weighted by atomic mass is 32.2. The average Bonchev–Trinajstić information content (AvgIpc) is 2.42. The quantitative estimate of drug-likeness (QED) is 0.394. The summed E-state index contributed by atoms with van der Waals surface area (Å²) in [6.07, 6.45) is -0.627. The number of amides is 1. The summed E-state index contributed by atoms with van der Waals surface area (Å²) in [6, 6.07) is 5.13. The van der Waals surface area contributed by atoms with Gasteiger partial charge in [-0.05, 0) is 38.4 Å². The Morgan fingerprint density at radius 2 is 1.74 bits per heavy atom. The SMILES string of the molecule is CC(C)(C)OC(=O)NCCNS(=O)(=O)c1ccc(B(O)O)cc1. The van der Waals surface area contributed by atoms with Crippen LogP contribution in [0.1, 0.15) is 20.8 Å². The number of ether oxygens (including phenoxy) is 1. The fourth-order valence-corrected chi connectivity index (χ4v) is 2.60. The van der Waals surface area contributed by atoms with Gasteiger partial charge in [-0.2, -0.15) is 0 Å². The van der Waals surface area contributed by atoms with Crippen molar-refractivity contribution in [1.82, 2.24) is 10.0 Å². The Kier molecular flexibility index (Phi) is 6.57. The minimum atomic E-state index is -3.74. The second-order valence-electron chi connectivity index (χ2n) is 5.77. The first-order valence-corrected chi connectivity index (χ1v) is 8.42. The van der Waals surface area contributed by atoms with Crippen molar-refractivity contribution in [3.05, 3.63) is 24.3 Å². The van der Waals surface area contributed by atoms with Crippen molar-refractivity contribution in [2.75, 3.05) is 13.1 Å². The Labute approximate surface area is 136 Å². The molecule has 1 aromatic rings. The molecule has 23 heavy (non-hydrogen) atoms. The first-order valence-electron chi connectivity index (χ1n) is 6.94. The van der Waals surface area contributed by atoms with E-state index in [1.54, 1.807) is 20.8 Å². The number of sulfonamides is 1. The van der Waals surface area contributed by atoms with Gasteiger partial charge in [0.15, 0.2) is 0 Å². The number of hydrogen-bond acceptors (Lipinski definition) is 6. The summed E-state index contributed by atoms with van der Waals surface area (Å²) >= 11 is 0. The lowest BCUT2D eigenvalue weighted by atomic mass is 9.81. The van der Waals surface area contributed by atoms with E-state index in [-0.39, 0.29) is 23.4 Å². The topological polar surface area (TPSA) is 125 Å². The third-order valence-corrected chi connectivity index (χ3v) is 4.05. The molecule has 0 spiro atoms. The number of carbonyl (C=O) groups is 1. The fraction of sp³-hybridized carbons (Fsp3) is 0.462. The maximum absolute atomic E-state index is 12.0. The zero-order valence-electron chi connectivity index (χ0n) is 13.2. The maximum Gasteiger partial charge on any atom is 0.488 e. The van der Waals surface area contributed by atoms with Gasteiger partial charge in [0.2, 0.25) is 10.0 Å². The van der Waals surface area contributed by atoms with E-state index in [0.717, 1.165) is 0 Å². The highest BCUT2D eigenvalue weighted by molar-refractivity contribution is 7.89. The molecule has 0 aliphatic heterocycles. The van der Waals surface area contributed by atoms with Crippen LogP contribution >= 0.6 is 0 Å². The molecule has 0 aromatic heterocycles. The largest absolute Gasteiger partial charge is 0.488 e. The summed E-state index contributed by atoms with van der Waals surface area (Å²) in [5.41, 5.74) is -0.432. The van der Waals surface area contributed by atoms with Gasteiger partial charge in [-0.25, -0.2) is 17.9 Å². The van der Waals surface area contributed by atoms with Crippen LogP contribution in [0, 0.1) is 0 Å². The zero-order valence-corrected chi connectivity index (χ0v) is 14.1. The summed E-state index contributed by atoms with van der Waals surface area (Å²) in [7, 11) is -5.40. The normalized spacial score (nSPS) is 11.9. The van der Waals surface area contributed by atoms with Gasteiger partial charge in [0.05, 0.1) is 4.90 Å². The van der Waals surface area contributed by atoms with Crippen LogP contribution in [0.25, 0.3) is 0 Å². The van der Waals surface area contributed by atoms with E-state index in [0.29, 0.717) is 0 Å². The second kappa shape index (κ2) is 7.78. The Hall–Kier alpha value is -1.62. The molecule has 0 heterocycles. The molecule has 10 heteroatoms. The number of nitrogens with one attached hydrogen (secondary N) is 2. The van der Waals surface area contributed by atoms with Crippen molar-refractivity contribution in [2.24, 2.45) is 0 Å². The van der Waals surface area contributed by atoms with E-state index in [2.05, 4.69) is 10.0 Å². The van der Waals surface area contributed by atoms with Gasteiger partial charge in [0.1, 0.15) is 5.60 Å². The Balaban J connectivity index is 2.48. The van der Waals surface area contributed by atoms with Gasteiger partial charge < -0.3 is 20.1 Å². The van der Waals surface area contributed by atoms with Crippen molar-refractivity contribution in [1.29, 1.82) is 0 Å². The molecular weight excluding hydrogens is 323 g/mol. The smallest absolute Gasteiger partial charge is 0.444 e. The van der Waals surface area contributed by atoms with Crippen molar-refractivity contribution < 1.29 is 28.0 Å². The molecule has 0 radical (unpaired) electrons. The van der Waals surface area contributed by atoms with Crippen LogP contribution in [-0.4, -0.2) is 50.4 Å². The monoisotopic (exact) mass is 344 g/mol. The predicted octanol–water partition coefficient (Wildman–Crippen LogP) is -0.831. The van der Waals surface area contributed by atoms with E-state index in [4.69, 9.17) is 14.8 Å². The van der Waals surface area contributed by atoms with E-state index in [1.165, 1.54) is 24.3 Å². The van der Waals surface area contributed by atoms with Crippen LogP contribution in [0.3, 0.4) is 0 Å². The van der Waals surface area contributed by atoms with Gasteiger partial charge in [-0.3, -0.25) is 0 Å². The number of benzene rings is 1. The minimum absolute atomic E-state index is 0.00798. The lowest BCUT2D eigenvalue weighted by Gasteiger charge is -2.19. The van der Waals surface area contributed by atoms with Gasteiger partial charge >= 0.3 is 13.2 Å². The Morgan fingerprint density at radius 1 is 1.17 bits per heavy atom. The first-order chi connectivity index (χ1) is 10.5. The van der Waals surface area contributed by atoms with Crippen LogP contribution in [0.4, 0.5) is 4.79 Å². The lowest BCUT2D eigenvalue weighted by Crippen LogP contribution is -2.38. The molecular formula is C13H21BN2O6S. The van der Waals surface area contributed by atoms with Crippen molar-refractivity contribution >= 4 is 28.7 Å². The summed E-state index contributed by atoms with van der Waals surface area (Å²) in [4.78, 5) is 11.4. The van der Waals surface area contributed by atoms with E-state index < -0.39 is 28.8 Å². The fourth-order valence-electron chi connectivity index (χ4n) is 1.57. The van der Waals surface area contributed by atoms with Crippen LogP contribution in [0.5, 0.6) is 0 Å². The standard InChI is InChI=1S/C13H21BN2O6S/c1-13(2,3)22-12(17)15-8-9-16-23(20,21)11-6-4-10(5-7-11)14(18)19/h4-7,16,18-19H,8-9H2,1-3H3,(H,15,17). The predicted molar refractivity (Wildman–Crippen MR) is 85.7 cm³/mol. The molecule has 0 atom stereocenters. The molecule has 128 valence electrons. The molecule has 1 rings (SSSR count). The van der Waals surface area contributed by atoms with E-state index in [1.807, 2.05) is 0 Å². The van der Waals surface area contributed by atoms with Crippen molar-refractivity contribution in [3.63, 3.8) is 0 Å². The molecule has 4 N–H and O–H groups in total. The van der Waals surface area contributed by atoms with Gasteiger partial charge in [-0.15, -0.1) is 0 Å². The highest BCUT2D eigenvalue weighted by Gasteiger charge is 2.17. The van der Waals surface area contributed by atoms with Gasteiger partial charge in [0.25, 0.3) is 0 Å². The van der Waals surface area contributed by atoms with Gasteiger partial charge in [0, 0.05) is 13.1 Å². The minimum Gasteiger partial charge on any atom is -0.444 e. The van der Waals surface area contributed by atoms with Crippen LogP contribution in [0.15, 0.2) is 29.2 Å². The molecule has 0 unspecified atom stereocenters. The third kappa shape index (κ3) is 7.00. The maximum atomic E-state index is 12.0. The lowest BCUT2D eigenvalue weighted by molar-refractivity contribution is 0.0529. The Morgan fingerprint density at radius 3 is 2.22 bits per heavy atom. The number of alkyl carbamates (subject to hydrolysis) is 1. The van der Waals surface area contributed by atoms with Crippen molar-refractivity contribution in [3.8, 4) is 0 Å². The molecule has 1 amide bonds. The first kappa shape index (κ1) is 19.4. The summed E-state index contributed by atoms with van der Waals surface area (Å²) < 4.78 is 31.3. The molecule has 0 saturated carbocycles. The zero-order chi connectivity index (χ0) is 17.7. The second-order valence-corrected chi connectivity index (χ2v) is 7.54. The number of hydrogen-bond donors (Lipinski definition) is 4. The summed E-state index contributed by atoms with van der Waals surface area (Å²) in [6.45, 7) is 5.24. The summed E-state index contributed by atoms with van der Waals surface area (Å²) in [5.74, 6) is 0. The highest BCUT2D eigenvalue weighted by Crippen LogP contribution is 2.07. The molecule has 0 saturated heterocycles. The van der Waals surface area contributed by atoms with E-state index in [9.17, 15) is 13.2 Å². The van der Waals surface area contributed by atoms with E-state index >= 15 is 0 Å². The number of carbonyl (C=O) groups excluding carboxylic acids is 1. The molecule has 0 aliphatic carbocycles. The molecule has 8 nitrogen and oxygen atoms in total. The summed E-state index contributed by atoms with van der Waals surface area (Å²) in [5, 5.41) is 20.4. The number of rotatable bonds is 6. The molecule has 1 aromatic carbocycles. The molecule has 0 fully saturated rings. The average molecular weight is 344 g/mol. The van der Waals surface area contributed by atoms with Crippen LogP contribution < -0.4 is 15.5 Å². The Bertz CT molecular complexity index is 625. The third-order valence-electron chi connectivity index (χ3n) is 2.57. The van der Waals surface area contributed by atoms with Crippen molar-refractivity contribution in [2.45, 2.75) is 31.3 Å². The molecule has 0 aliphatic rings. The van der Waals surface area contributed by atoms with Crippen LogP contribution in [0.2, 0.25) is 0 Å². The van der Waals surface area contributed by atoms with Gasteiger partial charge in [-0.1, -0.05) is 12.1 Å². The van der Waals surface area contributed by atoms with Crippen LogP contribution in [-0.2, 0) is 14.8 Å². The molecule has 0 bridgehead atoms.